The zero-order chi connectivity index (χ0) is 19.0. The smallest absolute Gasteiger partial charge is 0.257 e. The number of amides is 1. The maximum Gasteiger partial charge on any atom is 0.257 e. The van der Waals surface area contributed by atoms with Crippen LogP contribution < -0.4 is 19.5 Å². The maximum atomic E-state index is 12.1. The molecular formula is C18H22N2O5S. The highest BCUT2D eigenvalue weighted by atomic mass is 32.2. The van der Waals surface area contributed by atoms with Gasteiger partial charge in [0.05, 0.1) is 12.0 Å². The number of methoxy groups -OCH3 is 1. The summed E-state index contributed by atoms with van der Waals surface area (Å²) in [5.41, 5.74) is 1.10. The van der Waals surface area contributed by atoms with Gasteiger partial charge in [0.2, 0.25) is 10.0 Å². The maximum absolute atomic E-state index is 12.1. The van der Waals surface area contributed by atoms with Gasteiger partial charge in [-0.2, -0.15) is 0 Å². The van der Waals surface area contributed by atoms with E-state index in [1.165, 1.54) is 19.2 Å². The number of hydrogen-bond donors (Lipinski definition) is 2. The normalized spacial score (nSPS) is 11.0. The molecule has 2 N–H and O–H groups in total. The molecule has 2 rings (SSSR count). The Hall–Kier alpha value is -2.58. The van der Waals surface area contributed by atoms with E-state index in [4.69, 9.17) is 9.47 Å². The molecule has 0 fully saturated rings. The fourth-order valence-corrected chi connectivity index (χ4v) is 3.09. The van der Waals surface area contributed by atoms with Crippen LogP contribution >= 0.6 is 0 Å². The van der Waals surface area contributed by atoms with E-state index >= 15 is 0 Å². The summed E-state index contributed by atoms with van der Waals surface area (Å²) in [6.45, 7) is 2.06. The van der Waals surface area contributed by atoms with Gasteiger partial charge in [-0.3, -0.25) is 4.79 Å². The van der Waals surface area contributed by atoms with E-state index in [9.17, 15) is 13.2 Å². The summed E-state index contributed by atoms with van der Waals surface area (Å²) in [7, 11) is -2.12. The van der Waals surface area contributed by atoms with Crippen molar-refractivity contribution in [3.8, 4) is 11.5 Å². The van der Waals surface area contributed by atoms with Gasteiger partial charge in [-0.15, -0.1) is 0 Å². The molecule has 0 aromatic heterocycles. The molecule has 26 heavy (non-hydrogen) atoms. The largest absolute Gasteiger partial charge is 0.497 e. The molecule has 2 aromatic carbocycles. The molecule has 0 aliphatic heterocycles. The number of carbonyl (C=O) groups is 1. The van der Waals surface area contributed by atoms with Gasteiger partial charge in [0.1, 0.15) is 11.5 Å². The third-order valence-corrected chi connectivity index (χ3v) is 4.98. The van der Waals surface area contributed by atoms with E-state index in [-0.39, 0.29) is 30.5 Å². The predicted molar refractivity (Wildman–Crippen MR) is 97.9 cm³/mol. The first kappa shape index (κ1) is 19.7. The van der Waals surface area contributed by atoms with Crippen molar-refractivity contribution in [3.63, 3.8) is 0 Å². The molecule has 0 spiro atoms. The standard InChI is InChI=1S/C18H22N2O5S/c1-14-3-5-16(6-4-14)25-13-18(21)19-11-12-20-26(22,23)17-9-7-15(24-2)8-10-17/h3-10,20H,11-13H2,1-2H3,(H,19,21). The first-order chi connectivity index (χ1) is 12.4. The van der Waals surface area contributed by atoms with Gasteiger partial charge in [0.25, 0.3) is 5.91 Å². The zero-order valence-electron chi connectivity index (χ0n) is 14.7. The molecular weight excluding hydrogens is 356 g/mol. The Kier molecular flexibility index (Phi) is 6.99. The third kappa shape index (κ3) is 6.05. The molecule has 0 radical (unpaired) electrons. The summed E-state index contributed by atoms with van der Waals surface area (Å²) in [5, 5.41) is 2.60. The van der Waals surface area contributed by atoms with Crippen molar-refractivity contribution in [2.45, 2.75) is 11.8 Å². The minimum atomic E-state index is -3.63. The number of benzene rings is 2. The molecule has 0 bridgehead atoms. The average Bonchev–Trinajstić information content (AvgIpc) is 2.65. The number of nitrogens with one attached hydrogen (secondary N) is 2. The quantitative estimate of drug-likeness (QED) is 0.645. The van der Waals surface area contributed by atoms with Crippen molar-refractivity contribution in [2.75, 3.05) is 26.8 Å². The minimum absolute atomic E-state index is 0.0740. The van der Waals surface area contributed by atoms with Crippen molar-refractivity contribution in [1.82, 2.24) is 10.0 Å². The molecule has 0 saturated heterocycles. The van der Waals surface area contributed by atoms with Gasteiger partial charge in [-0.05, 0) is 43.3 Å². The van der Waals surface area contributed by atoms with Crippen LogP contribution in [0.25, 0.3) is 0 Å². The van der Waals surface area contributed by atoms with E-state index in [0.717, 1.165) is 5.56 Å². The van der Waals surface area contributed by atoms with Crippen molar-refractivity contribution in [1.29, 1.82) is 0 Å². The van der Waals surface area contributed by atoms with Gasteiger partial charge in [0.15, 0.2) is 6.61 Å². The summed E-state index contributed by atoms with van der Waals surface area (Å²) >= 11 is 0. The summed E-state index contributed by atoms with van der Waals surface area (Å²) in [6, 6.07) is 13.4. The molecule has 140 valence electrons. The number of hydrogen-bond acceptors (Lipinski definition) is 5. The lowest BCUT2D eigenvalue weighted by atomic mass is 10.2. The minimum Gasteiger partial charge on any atom is -0.497 e. The van der Waals surface area contributed by atoms with Crippen molar-refractivity contribution in [3.05, 3.63) is 54.1 Å². The molecule has 8 heteroatoms. The molecule has 2 aromatic rings. The number of carbonyl (C=O) groups excluding carboxylic acids is 1. The van der Waals surface area contributed by atoms with Crippen molar-refractivity contribution in [2.24, 2.45) is 0 Å². The Labute approximate surface area is 153 Å². The van der Waals surface area contributed by atoms with Crippen molar-refractivity contribution >= 4 is 15.9 Å². The fourth-order valence-electron chi connectivity index (χ4n) is 2.06. The van der Waals surface area contributed by atoms with E-state index in [1.807, 2.05) is 19.1 Å². The molecule has 0 unspecified atom stereocenters. The molecule has 0 atom stereocenters. The van der Waals surface area contributed by atoms with Gasteiger partial charge in [-0.25, -0.2) is 13.1 Å². The van der Waals surface area contributed by atoms with Crippen LogP contribution in [0.5, 0.6) is 11.5 Å². The number of ether oxygens (including phenoxy) is 2. The monoisotopic (exact) mass is 378 g/mol. The highest BCUT2D eigenvalue weighted by molar-refractivity contribution is 7.89. The van der Waals surface area contributed by atoms with Crippen LogP contribution in [0.4, 0.5) is 0 Å². The van der Waals surface area contributed by atoms with Crippen LogP contribution in [0.1, 0.15) is 5.56 Å². The summed E-state index contributed by atoms with van der Waals surface area (Å²) < 4.78 is 37.0. The lowest BCUT2D eigenvalue weighted by Crippen LogP contribution is -2.36. The van der Waals surface area contributed by atoms with E-state index in [1.54, 1.807) is 24.3 Å². The van der Waals surface area contributed by atoms with Crippen LogP contribution in [0.15, 0.2) is 53.4 Å². The van der Waals surface area contributed by atoms with Gasteiger partial charge in [0, 0.05) is 13.1 Å². The first-order valence-electron chi connectivity index (χ1n) is 8.00. The lowest BCUT2D eigenvalue weighted by molar-refractivity contribution is -0.123. The molecule has 0 saturated carbocycles. The number of aryl methyl sites for hydroxylation is 1. The van der Waals surface area contributed by atoms with Crippen molar-refractivity contribution < 1.29 is 22.7 Å². The van der Waals surface area contributed by atoms with Crippen LogP contribution in [0, 0.1) is 6.92 Å². The molecule has 0 heterocycles. The molecule has 0 aliphatic rings. The van der Waals surface area contributed by atoms with Gasteiger partial charge < -0.3 is 14.8 Å². The summed E-state index contributed by atoms with van der Waals surface area (Å²) in [6.07, 6.45) is 0. The Bertz CT molecular complexity index is 818. The second kappa shape index (κ2) is 9.21. The SMILES string of the molecule is COc1ccc(S(=O)(=O)NCCNC(=O)COc2ccc(C)cc2)cc1. The van der Waals surface area contributed by atoms with Crippen LogP contribution in [0.2, 0.25) is 0 Å². The topological polar surface area (TPSA) is 93.7 Å². The van der Waals surface area contributed by atoms with Gasteiger partial charge in [-0.1, -0.05) is 17.7 Å². The Morgan fingerprint density at radius 3 is 2.19 bits per heavy atom. The van der Waals surface area contributed by atoms with E-state index in [0.29, 0.717) is 11.5 Å². The fraction of sp³-hybridized carbons (Fsp3) is 0.278. The molecule has 1 amide bonds. The Morgan fingerprint density at radius 1 is 0.962 bits per heavy atom. The van der Waals surface area contributed by atoms with E-state index in [2.05, 4.69) is 10.0 Å². The Balaban J connectivity index is 1.71. The first-order valence-corrected chi connectivity index (χ1v) is 9.49. The predicted octanol–water partition coefficient (Wildman–Crippen LogP) is 1.48. The van der Waals surface area contributed by atoms with Crippen LogP contribution in [-0.4, -0.2) is 41.1 Å². The third-order valence-electron chi connectivity index (χ3n) is 3.50. The second-order valence-electron chi connectivity index (χ2n) is 5.52. The van der Waals surface area contributed by atoms with Gasteiger partial charge >= 0.3 is 0 Å². The summed E-state index contributed by atoms with van der Waals surface area (Å²) in [5.74, 6) is 0.852. The summed E-state index contributed by atoms with van der Waals surface area (Å²) in [4.78, 5) is 11.9. The number of rotatable bonds is 9. The zero-order valence-corrected chi connectivity index (χ0v) is 15.5. The highest BCUT2D eigenvalue weighted by Gasteiger charge is 2.13. The lowest BCUT2D eigenvalue weighted by Gasteiger charge is -2.09. The number of sulfonamides is 1. The average molecular weight is 378 g/mol. The van der Waals surface area contributed by atoms with Crippen LogP contribution in [0.3, 0.4) is 0 Å². The van der Waals surface area contributed by atoms with Crippen LogP contribution in [-0.2, 0) is 14.8 Å². The molecule has 0 aliphatic carbocycles. The molecule has 7 nitrogen and oxygen atoms in total. The Morgan fingerprint density at radius 2 is 1.58 bits per heavy atom. The highest BCUT2D eigenvalue weighted by Crippen LogP contribution is 2.15. The second-order valence-corrected chi connectivity index (χ2v) is 7.29. The van der Waals surface area contributed by atoms with E-state index < -0.39 is 10.0 Å².